The predicted octanol–water partition coefficient (Wildman–Crippen LogP) is 4.86. The monoisotopic (exact) mass is 356 g/mol. The van der Waals surface area contributed by atoms with E-state index in [0.29, 0.717) is 36.2 Å². The minimum absolute atomic E-state index is 0.0872. The molecule has 0 amide bonds. The van der Waals surface area contributed by atoms with Gasteiger partial charge in [0.1, 0.15) is 6.61 Å². The smallest absolute Gasteiger partial charge is 0.302 e. The first kappa shape index (κ1) is 18.0. The lowest BCUT2D eigenvalue weighted by Crippen LogP contribution is -2.53. The molecule has 4 rings (SSSR count). The molecular weight excluding hydrogens is 324 g/mol. The Balaban J connectivity index is 1.69. The second kappa shape index (κ2) is 6.35. The van der Waals surface area contributed by atoms with Crippen LogP contribution in [0, 0.1) is 34.5 Å². The van der Waals surface area contributed by atoms with Crippen LogP contribution in [0.25, 0.3) is 0 Å². The Bertz CT molecular complexity index is 662. The molecule has 142 valence electrons. The van der Waals surface area contributed by atoms with Crippen molar-refractivity contribution in [2.24, 2.45) is 34.5 Å². The summed E-state index contributed by atoms with van der Waals surface area (Å²) in [6.07, 6.45) is 12.7. The molecule has 0 radical (unpaired) electrons. The predicted molar refractivity (Wildman–Crippen MR) is 101 cm³/mol. The number of rotatable bonds is 3. The molecule has 0 aromatic carbocycles. The minimum Gasteiger partial charge on any atom is -0.465 e. The normalized spacial score (nSPS) is 44.4. The van der Waals surface area contributed by atoms with Crippen molar-refractivity contribution in [3.05, 3.63) is 24.3 Å². The maximum absolute atomic E-state index is 12.1. The van der Waals surface area contributed by atoms with Crippen molar-refractivity contribution in [1.82, 2.24) is 0 Å². The fourth-order valence-corrected chi connectivity index (χ4v) is 7.29. The summed E-state index contributed by atoms with van der Waals surface area (Å²) in [4.78, 5) is 23.7. The van der Waals surface area contributed by atoms with Crippen LogP contribution in [0.4, 0.5) is 0 Å². The lowest BCUT2D eigenvalue weighted by atomic mass is 9.46. The molecule has 0 unspecified atom stereocenters. The van der Waals surface area contributed by atoms with Gasteiger partial charge in [-0.25, -0.2) is 0 Å². The summed E-state index contributed by atoms with van der Waals surface area (Å²) in [7, 11) is 0. The van der Waals surface area contributed by atoms with E-state index in [9.17, 15) is 9.59 Å². The number of fused-ring (bicyclic) bond motifs is 5. The molecule has 0 saturated heterocycles. The van der Waals surface area contributed by atoms with Gasteiger partial charge in [-0.05, 0) is 80.1 Å². The highest BCUT2D eigenvalue weighted by atomic mass is 16.5. The molecule has 0 spiro atoms. The van der Waals surface area contributed by atoms with Crippen molar-refractivity contribution in [3.63, 3.8) is 0 Å². The summed E-state index contributed by atoms with van der Waals surface area (Å²) in [5.41, 5.74) is 1.57. The van der Waals surface area contributed by atoms with Gasteiger partial charge in [0.25, 0.3) is 0 Å². The molecule has 3 saturated carbocycles. The molecule has 0 heterocycles. The van der Waals surface area contributed by atoms with Gasteiger partial charge in [-0.2, -0.15) is 0 Å². The molecule has 4 aliphatic rings. The number of hydrogen-bond acceptors (Lipinski definition) is 3. The second-order valence-electron chi connectivity index (χ2n) is 9.45. The summed E-state index contributed by atoms with van der Waals surface area (Å²) < 4.78 is 5.60. The van der Waals surface area contributed by atoms with Crippen molar-refractivity contribution in [2.75, 3.05) is 6.61 Å². The van der Waals surface area contributed by atoms with Gasteiger partial charge in [-0.15, -0.1) is 6.58 Å². The largest absolute Gasteiger partial charge is 0.465 e. The number of ether oxygens (including phenoxy) is 1. The van der Waals surface area contributed by atoms with Gasteiger partial charge in [0, 0.05) is 18.8 Å². The Morgan fingerprint density at radius 1 is 1.23 bits per heavy atom. The van der Waals surface area contributed by atoms with Crippen molar-refractivity contribution < 1.29 is 14.3 Å². The van der Waals surface area contributed by atoms with E-state index in [2.05, 4.69) is 19.6 Å². The Labute approximate surface area is 157 Å². The van der Waals surface area contributed by atoms with Gasteiger partial charge in [0.05, 0.1) is 0 Å². The summed E-state index contributed by atoms with van der Waals surface area (Å²) in [5.74, 6) is 2.69. The van der Waals surface area contributed by atoms with E-state index in [1.54, 1.807) is 0 Å². The second-order valence-corrected chi connectivity index (χ2v) is 9.45. The van der Waals surface area contributed by atoms with E-state index in [1.807, 2.05) is 6.08 Å². The van der Waals surface area contributed by atoms with Crippen LogP contribution in [0.3, 0.4) is 0 Å². The number of hydrogen-bond donors (Lipinski definition) is 0. The first-order valence-corrected chi connectivity index (χ1v) is 10.4. The Morgan fingerprint density at radius 2 is 2.04 bits per heavy atom. The Hall–Kier alpha value is -1.38. The van der Waals surface area contributed by atoms with Crippen molar-refractivity contribution in [1.29, 1.82) is 0 Å². The van der Waals surface area contributed by atoms with Gasteiger partial charge in [-0.1, -0.05) is 18.6 Å². The highest BCUT2D eigenvalue weighted by molar-refractivity contribution is 5.91. The number of carbonyl (C=O) groups is 2. The average Bonchev–Trinajstić information content (AvgIpc) is 2.96. The molecule has 0 aromatic heterocycles. The fourth-order valence-electron chi connectivity index (χ4n) is 7.29. The lowest BCUT2D eigenvalue weighted by molar-refractivity contribution is -0.149. The molecule has 4 aliphatic carbocycles. The number of allylic oxidation sites excluding steroid dienone is 1. The van der Waals surface area contributed by atoms with Crippen LogP contribution in [0.2, 0.25) is 0 Å². The number of carbonyl (C=O) groups excluding carboxylic acids is 2. The standard InChI is InChI=1S/C23H32O3/c1-4-16-6-8-20-19-7-5-17-13-18(25)9-12-23(17,14-26-15(2)24)21(19)10-11-22(16,20)3/h4,13,16,19-21H,1,5-12,14H2,2-3H3/t16-,19-,20-,21-,22+,23+/m0/s1. The molecule has 0 aromatic rings. The third-order valence-electron chi connectivity index (χ3n) is 8.58. The van der Waals surface area contributed by atoms with E-state index >= 15 is 0 Å². The molecule has 0 N–H and O–H groups in total. The highest BCUT2D eigenvalue weighted by Gasteiger charge is 2.60. The average molecular weight is 357 g/mol. The maximum atomic E-state index is 12.1. The first-order chi connectivity index (χ1) is 12.4. The van der Waals surface area contributed by atoms with Crippen molar-refractivity contribution in [3.8, 4) is 0 Å². The van der Waals surface area contributed by atoms with Gasteiger partial charge in [0.15, 0.2) is 5.78 Å². The van der Waals surface area contributed by atoms with Crippen LogP contribution in [-0.2, 0) is 14.3 Å². The van der Waals surface area contributed by atoms with Crippen LogP contribution < -0.4 is 0 Å². The van der Waals surface area contributed by atoms with Crippen LogP contribution in [0.15, 0.2) is 24.3 Å². The molecule has 3 fully saturated rings. The van der Waals surface area contributed by atoms with E-state index in [4.69, 9.17) is 4.74 Å². The summed E-state index contributed by atoms with van der Waals surface area (Å²) in [6.45, 7) is 8.57. The van der Waals surface area contributed by atoms with Gasteiger partial charge in [-0.3, -0.25) is 9.59 Å². The van der Waals surface area contributed by atoms with Gasteiger partial charge in [0.2, 0.25) is 0 Å². The summed E-state index contributed by atoms with van der Waals surface area (Å²) >= 11 is 0. The summed E-state index contributed by atoms with van der Waals surface area (Å²) in [5, 5.41) is 0. The molecule has 26 heavy (non-hydrogen) atoms. The quantitative estimate of drug-likeness (QED) is 0.535. The molecular formula is C23H32O3. The van der Waals surface area contributed by atoms with Crippen molar-refractivity contribution >= 4 is 11.8 Å². The third-order valence-corrected chi connectivity index (χ3v) is 8.58. The SMILES string of the molecule is C=C[C@H]1CC[C@H]2[C@@H]3CCC4=CC(=O)CC[C@]4(COC(C)=O)[C@H]3CC[C@]12C. The topological polar surface area (TPSA) is 43.4 Å². The minimum atomic E-state index is -0.203. The zero-order valence-electron chi connectivity index (χ0n) is 16.3. The molecule has 0 aliphatic heterocycles. The Morgan fingerprint density at radius 3 is 2.77 bits per heavy atom. The first-order valence-electron chi connectivity index (χ1n) is 10.4. The lowest BCUT2D eigenvalue weighted by Gasteiger charge is -2.58. The third kappa shape index (κ3) is 2.53. The summed E-state index contributed by atoms with van der Waals surface area (Å²) in [6, 6.07) is 0. The van der Waals surface area contributed by atoms with Gasteiger partial charge < -0.3 is 4.74 Å². The molecule has 6 atom stereocenters. The molecule has 0 bridgehead atoms. The zero-order valence-corrected chi connectivity index (χ0v) is 16.3. The van der Waals surface area contributed by atoms with Crippen LogP contribution in [-0.4, -0.2) is 18.4 Å². The van der Waals surface area contributed by atoms with Crippen LogP contribution in [0.1, 0.15) is 65.2 Å². The Kier molecular flexibility index (Phi) is 4.40. The van der Waals surface area contributed by atoms with E-state index < -0.39 is 0 Å². The molecule has 3 nitrogen and oxygen atoms in total. The maximum Gasteiger partial charge on any atom is 0.302 e. The van der Waals surface area contributed by atoms with Crippen LogP contribution in [0.5, 0.6) is 0 Å². The van der Waals surface area contributed by atoms with Crippen molar-refractivity contribution in [2.45, 2.75) is 65.2 Å². The molecule has 3 heteroatoms. The highest BCUT2D eigenvalue weighted by Crippen LogP contribution is 2.66. The van der Waals surface area contributed by atoms with E-state index in [1.165, 1.54) is 44.6 Å². The van der Waals surface area contributed by atoms with Gasteiger partial charge >= 0.3 is 5.97 Å². The van der Waals surface area contributed by atoms with E-state index in [-0.39, 0.29) is 17.2 Å². The number of esters is 1. The number of ketones is 1. The van der Waals surface area contributed by atoms with E-state index in [0.717, 1.165) is 18.8 Å². The zero-order chi connectivity index (χ0) is 18.5. The fraction of sp³-hybridized carbons (Fsp3) is 0.739. The van der Waals surface area contributed by atoms with Crippen LogP contribution >= 0.6 is 0 Å².